The van der Waals surface area contributed by atoms with Crippen LogP contribution >= 0.6 is 0 Å². The van der Waals surface area contributed by atoms with Crippen LogP contribution in [0.4, 0.5) is 0 Å². The zero-order valence-corrected chi connectivity index (χ0v) is 11.7. The van der Waals surface area contributed by atoms with E-state index in [0.717, 1.165) is 31.9 Å². The summed E-state index contributed by atoms with van der Waals surface area (Å²) >= 11 is 0. The highest BCUT2D eigenvalue weighted by molar-refractivity contribution is 5.60. The second kappa shape index (κ2) is 6.50. The summed E-state index contributed by atoms with van der Waals surface area (Å²) in [5, 5.41) is 0. The molecule has 0 aromatic heterocycles. The number of rotatable bonds is 6. The van der Waals surface area contributed by atoms with E-state index < -0.39 is 0 Å². The molecule has 1 aliphatic rings. The van der Waals surface area contributed by atoms with E-state index in [1.807, 2.05) is 0 Å². The van der Waals surface area contributed by atoms with Crippen LogP contribution in [0.15, 0.2) is 0 Å². The van der Waals surface area contributed by atoms with E-state index >= 15 is 0 Å². The van der Waals surface area contributed by atoms with Crippen LogP contribution in [0.25, 0.3) is 0 Å². The molecule has 1 rings (SSSR count). The molecular formula is C14H27NO2. The number of carbonyl (C=O) groups is 1. The van der Waals surface area contributed by atoms with Gasteiger partial charge in [0.25, 0.3) is 0 Å². The first kappa shape index (κ1) is 14.7. The quantitative estimate of drug-likeness (QED) is 0.669. The first-order valence-electron chi connectivity index (χ1n) is 6.68. The van der Waals surface area contributed by atoms with Gasteiger partial charge in [-0.25, -0.2) is 0 Å². The molecule has 1 saturated carbocycles. The Balaban J connectivity index is 2.53. The second-order valence-electron chi connectivity index (χ2n) is 5.88. The summed E-state index contributed by atoms with van der Waals surface area (Å²) < 4.78 is 5.17. The highest BCUT2D eigenvalue weighted by Gasteiger charge is 2.35. The number of aldehydes is 1. The summed E-state index contributed by atoms with van der Waals surface area (Å²) in [4.78, 5) is 13.7. The first-order valence-corrected chi connectivity index (χ1v) is 6.68. The van der Waals surface area contributed by atoms with Gasteiger partial charge in [0.15, 0.2) is 0 Å². The van der Waals surface area contributed by atoms with Crippen molar-refractivity contribution in [3.63, 3.8) is 0 Å². The fourth-order valence-corrected chi connectivity index (χ4v) is 2.67. The average molecular weight is 241 g/mol. The zero-order chi connectivity index (χ0) is 12.9. The van der Waals surface area contributed by atoms with Crippen LogP contribution in [0.3, 0.4) is 0 Å². The Hall–Kier alpha value is -0.410. The van der Waals surface area contributed by atoms with Gasteiger partial charge in [-0.05, 0) is 45.6 Å². The Morgan fingerprint density at radius 1 is 1.47 bits per heavy atom. The normalized spacial score (nSPS) is 31.5. The van der Waals surface area contributed by atoms with Crippen molar-refractivity contribution in [1.29, 1.82) is 0 Å². The SMILES string of the molecule is COCC(C)N(C)CC1(C=O)CCC(C)CC1. The zero-order valence-electron chi connectivity index (χ0n) is 11.7. The fraction of sp³-hybridized carbons (Fsp3) is 0.929. The van der Waals surface area contributed by atoms with Gasteiger partial charge < -0.3 is 14.4 Å². The number of likely N-dealkylation sites (N-methyl/N-ethyl adjacent to an activating group) is 1. The fourth-order valence-electron chi connectivity index (χ4n) is 2.67. The number of hydrogen-bond donors (Lipinski definition) is 0. The van der Waals surface area contributed by atoms with Gasteiger partial charge in [0.2, 0.25) is 0 Å². The molecule has 0 spiro atoms. The number of methoxy groups -OCH3 is 1. The van der Waals surface area contributed by atoms with Crippen molar-refractivity contribution in [3.05, 3.63) is 0 Å². The molecule has 1 unspecified atom stereocenters. The van der Waals surface area contributed by atoms with Crippen LogP contribution in [0.5, 0.6) is 0 Å². The van der Waals surface area contributed by atoms with Crippen LogP contribution in [-0.4, -0.2) is 44.5 Å². The second-order valence-corrected chi connectivity index (χ2v) is 5.88. The maximum atomic E-state index is 11.4. The van der Waals surface area contributed by atoms with Gasteiger partial charge in [-0.1, -0.05) is 6.92 Å². The van der Waals surface area contributed by atoms with E-state index in [-0.39, 0.29) is 5.41 Å². The molecule has 0 aromatic carbocycles. The molecular weight excluding hydrogens is 214 g/mol. The van der Waals surface area contributed by atoms with E-state index in [2.05, 4.69) is 25.8 Å². The topological polar surface area (TPSA) is 29.5 Å². The van der Waals surface area contributed by atoms with Gasteiger partial charge in [0.05, 0.1) is 6.61 Å². The van der Waals surface area contributed by atoms with Gasteiger partial charge in [-0.2, -0.15) is 0 Å². The summed E-state index contributed by atoms with van der Waals surface area (Å²) in [5.41, 5.74) is -0.108. The molecule has 1 aliphatic carbocycles. The molecule has 3 heteroatoms. The van der Waals surface area contributed by atoms with Crippen molar-refractivity contribution in [2.45, 2.75) is 45.6 Å². The maximum absolute atomic E-state index is 11.4. The van der Waals surface area contributed by atoms with E-state index in [1.54, 1.807) is 7.11 Å². The van der Waals surface area contributed by atoms with Gasteiger partial charge in [0, 0.05) is 25.1 Å². The molecule has 0 aliphatic heterocycles. The molecule has 1 atom stereocenters. The van der Waals surface area contributed by atoms with E-state index in [0.29, 0.717) is 6.04 Å². The maximum Gasteiger partial charge on any atom is 0.127 e. The van der Waals surface area contributed by atoms with Gasteiger partial charge in [-0.15, -0.1) is 0 Å². The molecule has 3 nitrogen and oxygen atoms in total. The average Bonchev–Trinajstić information content (AvgIpc) is 2.33. The molecule has 100 valence electrons. The predicted octanol–water partition coefficient (Wildman–Crippen LogP) is 2.35. The van der Waals surface area contributed by atoms with Crippen molar-refractivity contribution in [2.75, 3.05) is 27.3 Å². The largest absolute Gasteiger partial charge is 0.383 e. The number of nitrogens with zero attached hydrogens (tertiary/aromatic N) is 1. The summed E-state index contributed by atoms with van der Waals surface area (Å²) in [6.07, 6.45) is 5.66. The Kier molecular flexibility index (Phi) is 5.60. The third-order valence-corrected chi connectivity index (χ3v) is 4.24. The summed E-state index contributed by atoms with van der Waals surface area (Å²) in [6.45, 7) is 6.02. The van der Waals surface area contributed by atoms with Gasteiger partial charge >= 0.3 is 0 Å². The summed E-state index contributed by atoms with van der Waals surface area (Å²) in [5.74, 6) is 0.782. The Morgan fingerprint density at radius 2 is 2.06 bits per heavy atom. The Bertz CT molecular complexity index is 234. The molecule has 0 radical (unpaired) electrons. The van der Waals surface area contributed by atoms with Crippen LogP contribution in [0.2, 0.25) is 0 Å². The summed E-state index contributed by atoms with van der Waals surface area (Å²) in [6, 6.07) is 0.371. The highest BCUT2D eigenvalue weighted by atomic mass is 16.5. The van der Waals surface area contributed by atoms with Crippen LogP contribution in [0, 0.1) is 11.3 Å². The lowest BCUT2D eigenvalue weighted by Gasteiger charge is -2.39. The third-order valence-electron chi connectivity index (χ3n) is 4.24. The number of ether oxygens (including phenoxy) is 1. The molecule has 0 heterocycles. The smallest absolute Gasteiger partial charge is 0.127 e. The Morgan fingerprint density at radius 3 is 2.53 bits per heavy atom. The summed E-state index contributed by atoms with van der Waals surface area (Å²) in [7, 11) is 3.81. The van der Waals surface area contributed by atoms with Gasteiger partial charge in [-0.3, -0.25) is 0 Å². The lowest BCUT2D eigenvalue weighted by molar-refractivity contribution is -0.119. The third kappa shape index (κ3) is 4.07. The first-order chi connectivity index (χ1) is 8.03. The molecule has 0 saturated heterocycles. The van der Waals surface area contributed by atoms with Crippen LogP contribution in [0.1, 0.15) is 39.5 Å². The molecule has 0 bridgehead atoms. The van der Waals surface area contributed by atoms with E-state index in [1.165, 1.54) is 19.1 Å². The lowest BCUT2D eigenvalue weighted by atomic mass is 9.71. The minimum atomic E-state index is -0.108. The minimum Gasteiger partial charge on any atom is -0.383 e. The monoisotopic (exact) mass is 241 g/mol. The number of hydrogen-bond acceptors (Lipinski definition) is 3. The minimum absolute atomic E-state index is 0.108. The van der Waals surface area contributed by atoms with Crippen LogP contribution in [-0.2, 0) is 9.53 Å². The van der Waals surface area contributed by atoms with Crippen LogP contribution < -0.4 is 0 Å². The highest BCUT2D eigenvalue weighted by Crippen LogP contribution is 2.37. The van der Waals surface area contributed by atoms with E-state index in [4.69, 9.17) is 4.74 Å². The van der Waals surface area contributed by atoms with Gasteiger partial charge in [0.1, 0.15) is 6.29 Å². The predicted molar refractivity (Wildman–Crippen MR) is 70.1 cm³/mol. The Labute approximate surface area is 106 Å². The molecule has 17 heavy (non-hydrogen) atoms. The van der Waals surface area contributed by atoms with Crippen molar-refractivity contribution in [3.8, 4) is 0 Å². The molecule has 0 N–H and O–H groups in total. The lowest BCUT2D eigenvalue weighted by Crippen LogP contribution is -2.44. The van der Waals surface area contributed by atoms with E-state index in [9.17, 15) is 4.79 Å². The molecule has 1 fully saturated rings. The molecule has 0 aromatic rings. The van der Waals surface area contributed by atoms with Crippen molar-refractivity contribution >= 4 is 6.29 Å². The molecule has 0 amide bonds. The van der Waals surface area contributed by atoms with Crippen molar-refractivity contribution < 1.29 is 9.53 Å². The van der Waals surface area contributed by atoms with Crippen molar-refractivity contribution in [1.82, 2.24) is 4.90 Å². The van der Waals surface area contributed by atoms with Crippen molar-refractivity contribution in [2.24, 2.45) is 11.3 Å². The standard InChI is InChI=1S/C14H27NO2/c1-12-5-7-14(11-16,8-6-12)10-15(3)13(2)9-17-4/h11-13H,5-10H2,1-4H3. The number of carbonyl (C=O) groups excluding carboxylic acids is 1.